The number of carbonyl (C=O) groups is 1. The van der Waals surface area contributed by atoms with E-state index in [1.807, 2.05) is 54.3 Å². The van der Waals surface area contributed by atoms with Crippen LogP contribution in [0.5, 0.6) is 0 Å². The summed E-state index contributed by atoms with van der Waals surface area (Å²) in [5.74, 6) is 1.77. The van der Waals surface area contributed by atoms with Gasteiger partial charge in [-0.3, -0.25) is 4.79 Å². The maximum Gasteiger partial charge on any atom is 0.223 e. The van der Waals surface area contributed by atoms with Crippen molar-refractivity contribution in [3.8, 4) is 0 Å². The maximum atomic E-state index is 13.1. The fourth-order valence-corrected chi connectivity index (χ4v) is 5.03. The number of aryl methyl sites for hydroxylation is 3. The molecule has 3 aromatic heterocycles. The number of hydrogen-bond donors (Lipinski definition) is 2. The lowest BCUT2D eigenvalue weighted by atomic mass is 10.1. The van der Waals surface area contributed by atoms with Crippen molar-refractivity contribution >= 4 is 39.2 Å². The number of rotatable bonds is 6. The molecule has 0 radical (unpaired) electrons. The Morgan fingerprint density at radius 1 is 1.16 bits per heavy atom. The Hall–Kier alpha value is -3.26. The molecule has 4 heterocycles. The van der Waals surface area contributed by atoms with E-state index in [0.29, 0.717) is 12.8 Å². The summed E-state index contributed by atoms with van der Waals surface area (Å²) in [5.41, 5.74) is 3.90. The van der Waals surface area contributed by atoms with Crippen molar-refractivity contribution in [1.29, 1.82) is 0 Å². The van der Waals surface area contributed by atoms with Crippen molar-refractivity contribution in [2.45, 2.75) is 45.6 Å². The minimum absolute atomic E-state index is 0.0136. The normalized spacial score (nSPS) is 16.1. The summed E-state index contributed by atoms with van der Waals surface area (Å²) in [6.45, 7) is 4.84. The monoisotopic (exact) mass is 446 g/mol. The van der Waals surface area contributed by atoms with E-state index in [1.165, 1.54) is 4.88 Å². The second-order valence-electron chi connectivity index (χ2n) is 8.18. The molecule has 32 heavy (non-hydrogen) atoms. The van der Waals surface area contributed by atoms with Crippen molar-refractivity contribution < 1.29 is 4.79 Å². The number of aromatic nitrogens is 4. The maximum absolute atomic E-state index is 13.1. The van der Waals surface area contributed by atoms with E-state index in [0.717, 1.165) is 58.6 Å². The molecule has 0 bridgehead atoms. The number of nitrogens with one attached hydrogen (secondary N) is 2. The predicted octanol–water partition coefficient (Wildman–Crippen LogP) is 5.07. The van der Waals surface area contributed by atoms with E-state index in [-0.39, 0.29) is 11.9 Å². The van der Waals surface area contributed by atoms with Crippen molar-refractivity contribution in [3.63, 3.8) is 0 Å². The molecule has 8 heteroatoms. The standard InChI is InChI=1S/C24H26N6OS/c1-15-16(2)32-24(25-15)29-21-11-5-9-19(28-21)20-10-6-14-30(20)23(31)13-12-22-26-17-7-3-4-8-18(17)27-22/h3-5,7-9,11,20H,6,10,12-14H2,1-2H3,(H,26,27)(H,25,28,29)/t20-/m1/s1. The SMILES string of the molecule is Cc1nc(Nc2cccc([C@H]3CCCN3C(=O)CCc3nc4ccccc4[nH]3)n2)sc1C. The third-order valence-corrected chi connectivity index (χ3v) is 6.95. The number of carbonyl (C=O) groups excluding carboxylic acids is 1. The van der Waals surface area contributed by atoms with Crippen LogP contribution in [0, 0.1) is 13.8 Å². The minimum Gasteiger partial charge on any atom is -0.342 e. The van der Waals surface area contributed by atoms with E-state index < -0.39 is 0 Å². The third-order valence-electron chi connectivity index (χ3n) is 5.96. The van der Waals surface area contributed by atoms with Gasteiger partial charge >= 0.3 is 0 Å². The zero-order valence-corrected chi connectivity index (χ0v) is 19.1. The van der Waals surface area contributed by atoms with Crippen LogP contribution in [0.1, 0.15) is 47.4 Å². The fourth-order valence-electron chi connectivity index (χ4n) is 4.21. The molecule has 0 saturated carbocycles. The highest BCUT2D eigenvalue weighted by atomic mass is 32.1. The molecular weight excluding hydrogens is 420 g/mol. The average molecular weight is 447 g/mol. The van der Waals surface area contributed by atoms with Crippen LogP contribution < -0.4 is 5.32 Å². The van der Waals surface area contributed by atoms with Crippen molar-refractivity contribution in [1.82, 2.24) is 24.8 Å². The molecule has 1 aromatic carbocycles. The Morgan fingerprint density at radius 3 is 2.84 bits per heavy atom. The number of benzene rings is 1. The third kappa shape index (κ3) is 4.23. The van der Waals surface area contributed by atoms with Gasteiger partial charge in [-0.2, -0.15) is 0 Å². The first-order chi connectivity index (χ1) is 15.6. The van der Waals surface area contributed by atoms with Crippen LogP contribution in [0.2, 0.25) is 0 Å². The van der Waals surface area contributed by atoms with Gasteiger partial charge in [-0.1, -0.05) is 18.2 Å². The highest BCUT2D eigenvalue weighted by molar-refractivity contribution is 7.15. The van der Waals surface area contributed by atoms with Gasteiger partial charge in [0.1, 0.15) is 11.6 Å². The second-order valence-corrected chi connectivity index (χ2v) is 9.38. The summed E-state index contributed by atoms with van der Waals surface area (Å²) in [7, 11) is 0. The highest BCUT2D eigenvalue weighted by Gasteiger charge is 2.30. The van der Waals surface area contributed by atoms with Crippen LogP contribution in [0.4, 0.5) is 10.9 Å². The molecule has 7 nitrogen and oxygen atoms in total. The van der Waals surface area contributed by atoms with Gasteiger partial charge in [-0.05, 0) is 51.0 Å². The van der Waals surface area contributed by atoms with Gasteiger partial charge in [-0.15, -0.1) is 11.3 Å². The van der Waals surface area contributed by atoms with Crippen LogP contribution >= 0.6 is 11.3 Å². The van der Waals surface area contributed by atoms with Gasteiger partial charge in [0.05, 0.1) is 28.5 Å². The molecule has 2 N–H and O–H groups in total. The zero-order chi connectivity index (χ0) is 22.1. The smallest absolute Gasteiger partial charge is 0.223 e. The number of imidazole rings is 1. The molecule has 1 fully saturated rings. The van der Waals surface area contributed by atoms with E-state index in [9.17, 15) is 4.79 Å². The zero-order valence-electron chi connectivity index (χ0n) is 18.3. The van der Waals surface area contributed by atoms with Crippen LogP contribution in [0.25, 0.3) is 11.0 Å². The molecule has 0 aliphatic carbocycles. The van der Waals surface area contributed by atoms with E-state index in [1.54, 1.807) is 11.3 Å². The molecule has 0 unspecified atom stereocenters. The number of aromatic amines is 1. The Morgan fingerprint density at radius 2 is 2.03 bits per heavy atom. The quantitative estimate of drug-likeness (QED) is 0.432. The highest BCUT2D eigenvalue weighted by Crippen LogP contribution is 2.33. The first-order valence-corrected chi connectivity index (χ1v) is 11.8. The number of anilines is 2. The lowest BCUT2D eigenvalue weighted by Crippen LogP contribution is -2.31. The first-order valence-electron chi connectivity index (χ1n) is 11.0. The molecule has 0 spiro atoms. The second kappa shape index (κ2) is 8.70. The molecule has 1 aliphatic heterocycles. The Balaban J connectivity index is 1.27. The van der Waals surface area contributed by atoms with E-state index >= 15 is 0 Å². The topological polar surface area (TPSA) is 86.8 Å². The summed E-state index contributed by atoms with van der Waals surface area (Å²) >= 11 is 1.62. The lowest BCUT2D eigenvalue weighted by Gasteiger charge is -2.24. The fraction of sp³-hybridized carbons (Fsp3) is 0.333. The number of H-pyrrole nitrogens is 1. The number of fused-ring (bicyclic) bond motifs is 1. The number of pyridine rings is 1. The Bertz CT molecular complexity index is 1210. The lowest BCUT2D eigenvalue weighted by molar-refractivity contribution is -0.132. The van der Waals surface area contributed by atoms with Gasteiger partial charge < -0.3 is 15.2 Å². The van der Waals surface area contributed by atoms with Crippen LogP contribution in [0.3, 0.4) is 0 Å². The van der Waals surface area contributed by atoms with Gasteiger partial charge in [0.15, 0.2) is 5.13 Å². The number of nitrogens with zero attached hydrogens (tertiary/aromatic N) is 4. The van der Waals surface area contributed by atoms with Crippen LogP contribution in [-0.4, -0.2) is 37.3 Å². The summed E-state index contributed by atoms with van der Waals surface area (Å²) in [6.07, 6.45) is 2.97. The average Bonchev–Trinajstić information content (AvgIpc) is 3.51. The molecule has 1 atom stereocenters. The molecule has 1 saturated heterocycles. The van der Waals surface area contributed by atoms with E-state index in [4.69, 9.17) is 4.98 Å². The van der Waals surface area contributed by atoms with Crippen LogP contribution in [-0.2, 0) is 11.2 Å². The summed E-state index contributed by atoms with van der Waals surface area (Å²) in [4.78, 5) is 33.5. The van der Waals surface area contributed by atoms with Crippen molar-refractivity contribution in [3.05, 3.63) is 64.6 Å². The van der Waals surface area contributed by atoms with Gasteiger partial charge in [0, 0.05) is 24.3 Å². The molecule has 1 amide bonds. The minimum atomic E-state index is 0.0136. The first kappa shape index (κ1) is 20.6. The van der Waals surface area contributed by atoms with Crippen LogP contribution in [0.15, 0.2) is 42.5 Å². The van der Waals surface area contributed by atoms with Gasteiger partial charge in [-0.25, -0.2) is 15.0 Å². The molecule has 1 aliphatic rings. The Kier molecular flexibility index (Phi) is 5.61. The molecule has 5 rings (SSSR count). The van der Waals surface area contributed by atoms with Gasteiger partial charge in [0.25, 0.3) is 0 Å². The largest absolute Gasteiger partial charge is 0.342 e. The number of para-hydroxylation sites is 2. The summed E-state index contributed by atoms with van der Waals surface area (Å²) in [5, 5.41) is 4.16. The number of thiazole rings is 1. The predicted molar refractivity (Wildman–Crippen MR) is 127 cm³/mol. The van der Waals surface area contributed by atoms with E-state index in [2.05, 4.69) is 27.2 Å². The summed E-state index contributed by atoms with van der Waals surface area (Å²) < 4.78 is 0. The number of likely N-dealkylation sites (tertiary alicyclic amines) is 1. The Labute approximate surface area is 190 Å². The van der Waals surface area contributed by atoms with Crippen molar-refractivity contribution in [2.24, 2.45) is 0 Å². The number of amides is 1. The molecular formula is C24H26N6OS. The van der Waals surface area contributed by atoms with Gasteiger partial charge in [0.2, 0.25) is 5.91 Å². The molecule has 4 aromatic rings. The van der Waals surface area contributed by atoms with Crippen molar-refractivity contribution in [2.75, 3.05) is 11.9 Å². The number of hydrogen-bond acceptors (Lipinski definition) is 6. The molecule has 164 valence electrons. The summed E-state index contributed by atoms with van der Waals surface area (Å²) in [6, 6.07) is 13.9.